The molecule has 0 atom stereocenters. The second-order valence-electron chi connectivity index (χ2n) is 5.61. The number of methoxy groups -OCH3 is 1. The largest absolute Gasteiger partial charge is 0.465 e. The number of allylic oxidation sites excluding steroid dienone is 1. The molecule has 1 heterocycles. The van der Waals surface area contributed by atoms with Gasteiger partial charge in [0.1, 0.15) is 10.6 Å². The van der Waals surface area contributed by atoms with Crippen molar-refractivity contribution in [1.82, 2.24) is 0 Å². The van der Waals surface area contributed by atoms with Gasteiger partial charge < -0.3 is 10.1 Å². The second-order valence-corrected chi connectivity index (χ2v) is 6.49. The molecule has 1 aromatic carbocycles. The van der Waals surface area contributed by atoms with E-state index in [9.17, 15) is 9.59 Å². The molecule has 2 rings (SSSR count). The van der Waals surface area contributed by atoms with Crippen molar-refractivity contribution in [2.75, 3.05) is 12.4 Å². The predicted octanol–water partition coefficient (Wildman–Crippen LogP) is 4.67. The van der Waals surface area contributed by atoms with E-state index in [-0.39, 0.29) is 5.91 Å². The van der Waals surface area contributed by atoms with Gasteiger partial charge in [-0.2, -0.15) is 0 Å². The summed E-state index contributed by atoms with van der Waals surface area (Å²) < 4.78 is 4.91. The second kappa shape index (κ2) is 7.93. The highest BCUT2D eigenvalue weighted by Crippen LogP contribution is 2.36. The van der Waals surface area contributed by atoms with Crippen LogP contribution in [0.4, 0.5) is 5.00 Å². The highest BCUT2D eigenvalue weighted by atomic mass is 32.1. The van der Waals surface area contributed by atoms with Gasteiger partial charge in [-0.15, -0.1) is 11.3 Å². The third-order valence-corrected chi connectivity index (χ3v) is 4.41. The molecule has 0 aliphatic rings. The molecule has 4 nitrogen and oxygen atoms in total. The highest BCUT2D eigenvalue weighted by Gasteiger charge is 2.21. The molecular weight excluding hydrogens is 322 g/mol. The van der Waals surface area contributed by atoms with Gasteiger partial charge in [0.05, 0.1) is 7.11 Å². The molecule has 1 aromatic heterocycles. The van der Waals surface area contributed by atoms with Gasteiger partial charge in [-0.25, -0.2) is 4.79 Å². The Morgan fingerprint density at radius 2 is 1.88 bits per heavy atom. The van der Waals surface area contributed by atoms with Crippen LogP contribution in [0, 0.1) is 0 Å². The quantitative estimate of drug-likeness (QED) is 0.634. The number of carbonyl (C=O) groups is 2. The van der Waals surface area contributed by atoms with Crippen LogP contribution in [-0.4, -0.2) is 19.0 Å². The molecule has 24 heavy (non-hydrogen) atoms. The van der Waals surface area contributed by atoms with E-state index < -0.39 is 5.97 Å². The number of amides is 1. The summed E-state index contributed by atoms with van der Waals surface area (Å²) in [6.45, 7) is 5.78. The van der Waals surface area contributed by atoms with Gasteiger partial charge >= 0.3 is 5.97 Å². The topological polar surface area (TPSA) is 55.4 Å². The SMILES string of the molecule is CCc1ccc(-c2csc(NC(=O)C=C(C)C)c2C(=O)OC)cc1. The smallest absolute Gasteiger partial charge is 0.341 e. The van der Waals surface area contributed by atoms with E-state index in [0.29, 0.717) is 10.6 Å². The monoisotopic (exact) mass is 343 g/mol. The van der Waals surface area contributed by atoms with Crippen LogP contribution in [0.1, 0.15) is 36.7 Å². The van der Waals surface area contributed by atoms with E-state index in [1.165, 1.54) is 30.1 Å². The Morgan fingerprint density at radius 1 is 1.21 bits per heavy atom. The number of rotatable bonds is 5. The molecule has 5 heteroatoms. The molecule has 1 N–H and O–H groups in total. The van der Waals surface area contributed by atoms with E-state index in [1.54, 1.807) is 0 Å². The summed E-state index contributed by atoms with van der Waals surface area (Å²) in [6, 6.07) is 8.04. The number of anilines is 1. The Morgan fingerprint density at radius 3 is 2.42 bits per heavy atom. The summed E-state index contributed by atoms with van der Waals surface area (Å²) in [5.74, 6) is -0.715. The summed E-state index contributed by atoms with van der Waals surface area (Å²) in [6.07, 6.45) is 2.45. The molecule has 0 spiro atoms. The number of hydrogen-bond donors (Lipinski definition) is 1. The molecule has 0 radical (unpaired) electrons. The van der Waals surface area contributed by atoms with Crippen LogP contribution in [0.25, 0.3) is 11.1 Å². The minimum atomic E-state index is -0.460. The molecule has 0 fully saturated rings. The van der Waals surface area contributed by atoms with E-state index in [1.807, 2.05) is 43.5 Å². The van der Waals surface area contributed by atoms with Crippen molar-refractivity contribution in [2.45, 2.75) is 27.2 Å². The molecule has 0 aliphatic carbocycles. The van der Waals surface area contributed by atoms with Crippen molar-refractivity contribution in [3.63, 3.8) is 0 Å². The molecular formula is C19H21NO3S. The minimum Gasteiger partial charge on any atom is -0.465 e. The zero-order chi connectivity index (χ0) is 17.7. The number of carbonyl (C=O) groups excluding carboxylic acids is 2. The van der Waals surface area contributed by atoms with Crippen LogP contribution in [0.5, 0.6) is 0 Å². The first-order valence-corrected chi connectivity index (χ1v) is 8.59. The van der Waals surface area contributed by atoms with Gasteiger partial charge in [0.2, 0.25) is 5.91 Å². The van der Waals surface area contributed by atoms with Gasteiger partial charge in [0.15, 0.2) is 0 Å². The fourth-order valence-electron chi connectivity index (χ4n) is 2.30. The fraction of sp³-hybridized carbons (Fsp3) is 0.263. The van der Waals surface area contributed by atoms with Gasteiger partial charge in [-0.3, -0.25) is 4.79 Å². The Bertz CT molecular complexity index is 768. The first kappa shape index (κ1) is 17.9. The van der Waals surface area contributed by atoms with Gasteiger partial charge in [-0.05, 0) is 31.4 Å². The predicted molar refractivity (Wildman–Crippen MR) is 98.5 cm³/mol. The first-order chi connectivity index (χ1) is 11.5. The number of benzene rings is 1. The van der Waals surface area contributed by atoms with E-state index in [0.717, 1.165) is 23.1 Å². The molecule has 1 amide bonds. The number of nitrogens with one attached hydrogen (secondary N) is 1. The Kier molecular flexibility index (Phi) is 5.93. The number of ether oxygens (including phenoxy) is 1. The van der Waals surface area contributed by atoms with Crippen molar-refractivity contribution in [2.24, 2.45) is 0 Å². The zero-order valence-corrected chi connectivity index (χ0v) is 15.1. The summed E-state index contributed by atoms with van der Waals surface area (Å²) in [5, 5.41) is 5.14. The van der Waals surface area contributed by atoms with Crippen molar-refractivity contribution in [3.8, 4) is 11.1 Å². The molecule has 0 bridgehead atoms. The van der Waals surface area contributed by atoms with Crippen molar-refractivity contribution >= 4 is 28.2 Å². The minimum absolute atomic E-state index is 0.255. The lowest BCUT2D eigenvalue weighted by Gasteiger charge is -2.07. The summed E-state index contributed by atoms with van der Waals surface area (Å²) in [7, 11) is 1.34. The van der Waals surface area contributed by atoms with Crippen LogP contribution in [-0.2, 0) is 16.0 Å². The van der Waals surface area contributed by atoms with Crippen LogP contribution in [0.3, 0.4) is 0 Å². The van der Waals surface area contributed by atoms with Crippen molar-refractivity contribution in [3.05, 3.63) is 52.4 Å². The fourth-order valence-corrected chi connectivity index (χ4v) is 3.26. The average molecular weight is 343 g/mol. The van der Waals surface area contributed by atoms with E-state index >= 15 is 0 Å². The van der Waals surface area contributed by atoms with Crippen LogP contribution in [0.15, 0.2) is 41.3 Å². The number of thiophene rings is 1. The van der Waals surface area contributed by atoms with Crippen LogP contribution in [0.2, 0.25) is 0 Å². The van der Waals surface area contributed by atoms with Gasteiger partial charge in [0, 0.05) is 17.0 Å². The zero-order valence-electron chi connectivity index (χ0n) is 14.3. The third-order valence-electron chi connectivity index (χ3n) is 3.51. The standard InChI is InChI=1S/C19H21NO3S/c1-5-13-6-8-14(9-7-13)15-11-24-18(17(15)19(22)23-4)20-16(21)10-12(2)3/h6-11H,5H2,1-4H3,(H,20,21). The van der Waals surface area contributed by atoms with Gasteiger partial charge in [0.25, 0.3) is 0 Å². The summed E-state index contributed by atoms with van der Waals surface area (Å²) in [5.41, 5.74) is 4.19. The molecule has 2 aromatic rings. The number of esters is 1. The molecule has 0 unspecified atom stereocenters. The van der Waals surface area contributed by atoms with Crippen LogP contribution >= 0.6 is 11.3 Å². The molecule has 0 saturated carbocycles. The van der Waals surface area contributed by atoms with E-state index in [4.69, 9.17) is 4.74 Å². The maximum atomic E-state index is 12.2. The average Bonchev–Trinajstić information content (AvgIpc) is 2.96. The number of hydrogen-bond acceptors (Lipinski definition) is 4. The normalized spacial score (nSPS) is 10.2. The molecule has 0 aliphatic heterocycles. The maximum absolute atomic E-state index is 12.2. The Balaban J connectivity index is 2.43. The van der Waals surface area contributed by atoms with E-state index in [2.05, 4.69) is 12.2 Å². The molecule has 0 saturated heterocycles. The highest BCUT2D eigenvalue weighted by molar-refractivity contribution is 7.15. The van der Waals surface area contributed by atoms with Crippen molar-refractivity contribution in [1.29, 1.82) is 0 Å². The van der Waals surface area contributed by atoms with Crippen LogP contribution < -0.4 is 5.32 Å². The summed E-state index contributed by atoms with van der Waals surface area (Å²) >= 11 is 1.32. The lowest BCUT2D eigenvalue weighted by molar-refractivity contribution is -0.111. The lowest BCUT2D eigenvalue weighted by atomic mass is 10.0. The van der Waals surface area contributed by atoms with Gasteiger partial charge in [-0.1, -0.05) is 36.8 Å². The molecule has 126 valence electrons. The number of aryl methyl sites for hydroxylation is 1. The Hall–Kier alpha value is -2.40. The first-order valence-electron chi connectivity index (χ1n) is 7.71. The summed E-state index contributed by atoms with van der Waals surface area (Å²) in [4.78, 5) is 24.2. The van der Waals surface area contributed by atoms with Crippen molar-refractivity contribution < 1.29 is 14.3 Å². The maximum Gasteiger partial charge on any atom is 0.341 e. The lowest BCUT2D eigenvalue weighted by Crippen LogP contribution is -2.12. The Labute approximate surface area is 146 Å². The third kappa shape index (κ3) is 4.11.